The highest BCUT2D eigenvalue weighted by atomic mass is 16.1. The molecule has 0 saturated heterocycles. The average Bonchev–Trinajstić information content (AvgIpc) is 2.44. The van der Waals surface area contributed by atoms with Gasteiger partial charge < -0.3 is 0 Å². The second-order valence-electron chi connectivity index (χ2n) is 4.78. The first-order valence-electron chi connectivity index (χ1n) is 6.28. The first-order chi connectivity index (χ1) is 8.72. The van der Waals surface area contributed by atoms with Crippen LogP contribution >= 0.6 is 0 Å². The third-order valence-corrected chi connectivity index (χ3v) is 3.76. The Balaban J connectivity index is 2.17. The molecule has 0 heterocycles. The number of aryl methyl sites for hydroxylation is 1. The van der Waals surface area contributed by atoms with Gasteiger partial charge in [0.1, 0.15) is 0 Å². The summed E-state index contributed by atoms with van der Waals surface area (Å²) in [6.07, 6.45) is 8.24. The Morgan fingerprint density at radius 3 is 2.17 bits per heavy atom. The monoisotopic (exact) mass is 238 g/mol. The molecular weight excluding hydrogens is 224 g/mol. The van der Waals surface area contributed by atoms with Gasteiger partial charge in [-0.3, -0.25) is 9.59 Å². The van der Waals surface area contributed by atoms with Crippen LogP contribution in [0.25, 0.3) is 0 Å². The molecule has 0 aliphatic heterocycles. The molecular formula is C16H14O2. The summed E-state index contributed by atoms with van der Waals surface area (Å²) in [4.78, 5) is 24.8. The highest BCUT2D eigenvalue weighted by Crippen LogP contribution is 2.34. The molecule has 2 atom stereocenters. The summed E-state index contributed by atoms with van der Waals surface area (Å²) in [6, 6.07) is 5.61. The molecule has 2 nitrogen and oxygen atoms in total. The molecule has 0 amide bonds. The fourth-order valence-electron chi connectivity index (χ4n) is 2.70. The SMILES string of the molecule is CCc1ccc2c(c1)C(=O)C1C=CC=CC1C2=O. The van der Waals surface area contributed by atoms with Crippen LogP contribution in [-0.2, 0) is 6.42 Å². The number of Topliss-reactive ketones (excluding diaryl/α,β-unsaturated/α-hetero) is 2. The Hall–Kier alpha value is -1.96. The van der Waals surface area contributed by atoms with Gasteiger partial charge in [0, 0.05) is 11.1 Å². The van der Waals surface area contributed by atoms with Gasteiger partial charge in [0.2, 0.25) is 0 Å². The molecule has 0 saturated carbocycles. The third kappa shape index (κ3) is 1.49. The highest BCUT2D eigenvalue weighted by molar-refractivity contribution is 6.17. The van der Waals surface area contributed by atoms with Crippen molar-refractivity contribution in [3.05, 3.63) is 59.2 Å². The minimum absolute atomic E-state index is 0.0675. The molecule has 0 fully saturated rings. The molecule has 1 aromatic rings. The van der Waals surface area contributed by atoms with Crippen molar-refractivity contribution in [2.75, 3.05) is 0 Å². The van der Waals surface area contributed by atoms with E-state index in [0.717, 1.165) is 12.0 Å². The summed E-state index contributed by atoms with van der Waals surface area (Å²) in [5, 5.41) is 0. The predicted octanol–water partition coefficient (Wildman–Crippen LogP) is 2.99. The first-order valence-corrected chi connectivity index (χ1v) is 6.28. The molecule has 3 rings (SSSR count). The molecule has 0 radical (unpaired) electrons. The Kier molecular flexibility index (Phi) is 2.51. The topological polar surface area (TPSA) is 34.1 Å². The standard InChI is InChI=1S/C16H14O2/c1-2-10-7-8-13-14(9-10)16(18)12-6-4-3-5-11(12)15(13)17/h3-9,11-12H,2H2,1H3. The summed E-state index contributed by atoms with van der Waals surface area (Å²) < 4.78 is 0. The van der Waals surface area contributed by atoms with Crippen LogP contribution in [0.2, 0.25) is 0 Å². The number of rotatable bonds is 1. The summed E-state index contributed by atoms with van der Waals surface area (Å²) in [5.74, 6) is -0.465. The molecule has 1 aromatic carbocycles. The lowest BCUT2D eigenvalue weighted by Gasteiger charge is -2.28. The van der Waals surface area contributed by atoms with Crippen LogP contribution in [0, 0.1) is 11.8 Å². The summed E-state index contributed by atoms with van der Waals surface area (Å²) in [5.41, 5.74) is 2.28. The minimum atomic E-state index is -0.304. The van der Waals surface area contributed by atoms with E-state index in [1.807, 2.05) is 43.4 Å². The largest absolute Gasteiger partial charge is 0.293 e. The molecule has 90 valence electrons. The zero-order valence-electron chi connectivity index (χ0n) is 10.2. The summed E-state index contributed by atoms with van der Waals surface area (Å²) in [7, 11) is 0. The van der Waals surface area contributed by atoms with Crippen LogP contribution in [0.4, 0.5) is 0 Å². The van der Waals surface area contributed by atoms with Crippen molar-refractivity contribution in [1.29, 1.82) is 0 Å². The number of fused-ring (bicyclic) bond motifs is 2. The molecule has 0 spiro atoms. The third-order valence-electron chi connectivity index (χ3n) is 3.76. The fourth-order valence-corrected chi connectivity index (χ4v) is 2.70. The fraction of sp³-hybridized carbons (Fsp3) is 0.250. The zero-order chi connectivity index (χ0) is 12.7. The summed E-state index contributed by atoms with van der Waals surface area (Å²) >= 11 is 0. The maximum absolute atomic E-state index is 12.4. The van der Waals surface area contributed by atoms with Crippen LogP contribution in [0.3, 0.4) is 0 Å². The quantitative estimate of drug-likeness (QED) is 0.753. The van der Waals surface area contributed by atoms with E-state index < -0.39 is 0 Å². The van der Waals surface area contributed by atoms with Crippen molar-refractivity contribution in [2.24, 2.45) is 11.8 Å². The molecule has 0 N–H and O–H groups in total. The van der Waals surface area contributed by atoms with E-state index in [1.165, 1.54) is 0 Å². The molecule has 0 bridgehead atoms. The van der Waals surface area contributed by atoms with Gasteiger partial charge in [-0.05, 0) is 18.1 Å². The first kappa shape index (κ1) is 11.1. The van der Waals surface area contributed by atoms with Gasteiger partial charge in [0.05, 0.1) is 11.8 Å². The number of carbonyl (C=O) groups excluding carboxylic acids is 2. The van der Waals surface area contributed by atoms with Gasteiger partial charge in [-0.25, -0.2) is 0 Å². The molecule has 2 unspecified atom stereocenters. The van der Waals surface area contributed by atoms with Crippen molar-refractivity contribution < 1.29 is 9.59 Å². The van der Waals surface area contributed by atoms with Crippen LogP contribution in [0.1, 0.15) is 33.2 Å². The number of carbonyl (C=O) groups is 2. The van der Waals surface area contributed by atoms with Crippen molar-refractivity contribution in [3.63, 3.8) is 0 Å². The highest BCUT2D eigenvalue weighted by Gasteiger charge is 2.39. The van der Waals surface area contributed by atoms with Gasteiger partial charge in [0.15, 0.2) is 11.6 Å². The molecule has 0 aromatic heterocycles. The van der Waals surface area contributed by atoms with Gasteiger partial charge in [-0.2, -0.15) is 0 Å². The van der Waals surface area contributed by atoms with E-state index in [0.29, 0.717) is 11.1 Å². The Morgan fingerprint density at radius 2 is 1.56 bits per heavy atom. The Labute approximate surface area is 106 Å². The number of benzene rings is 1. The van der Waals surface area contributed by atoms with Crippen LogP contribution in [-0.4, -0.2) is 11.6 Å². The van der Waals surface area contributed by atoms with E-state index >= 15 is 0 Å². The second-order valence-corrected chi connectivity index (χ2v) is 4.78. The van der Waals surface area contributed by atoms with Crippen molar-refractivity contribution >= 4 is 11.6 Å². The molecule has 2 aliphatic carbocycles. The van der Waals surface area contributed by atoms with Gasteiger partial charge >= 0.3 is 0 Å². The minimum Gasteiger partial charge on any atom is -0.293 e. The molecule has 2 heteroatoms. The van der Waals surface area contributed by atoms with E-state index in [2.05, 4.69) is 0 Å². The maximum atomic E-state index is 12.4. The van der Waals surface area contributed by atoms with Crippen LogP contribution in [0.5, 0.6) is 0 Å². The van der Waals surface area contributed by atoms with E-state index in [1.54, 1.807) is 6.07 Å². The van der Waals surface area contributed by atoms with Gasteiger partial charge in [0.25, 0.3) is 0 Å². The van der Waals surface area contributed by atoms with Crippen molar-refractivity contribution in [2.45, 2.75) is 13.3 Å². The Bertz CT molecular complexity index is 593. The van der Waals surface area contributed by atoms with E-state index in [4.69, 9.17) is 0 Å². The Morgan fingerprint density at radius 1 is 0.944 bits per heavy atom. The van der Waals surface area contributed by atoms with Crippen LogP contribution < -0.4 is 0 Å². The lowest BCUT2D eigenvalue weighted by atomic mass is 9.72. The second kappa shape index (κ2) is 4.05. The number of hydrogen-bond acceptors (Lipinski definition) is 2. The van der Waals surface area contributed by atoms with Crippen molar-refractivity contribution in [1.82, 2.24) is 0 Å². The van der Waals surface area contributed by atoms with Crippen LogP contribution in [0.15, 0.2) is 42.5 Å². The van der Waals surface area contributed by atoms with Gasteiger partial charge in [-0.1, -0.05) is 43.4 Å². The lowest BCUT2D eigenvalue weighted by Crippen LogP contribution is -2.35. The number of allylic oxidation sites excluding steroid dienone is 4. The maximum Gasteiger partial charge on any atom is 0.171 e. The zero-order valence-corrected chi connectivity index (χ0v) is 10.2. The molecule has 2 aliphatic rings. The lowest BCUT2D eigenvalue weighted by molar-refractivity contribution is 0.0801. The predicted molar refractivity (Wildman–Crippen MR) is 69.7 cm³/mol. The summed E-state index contributed by atoms with van der Waals surface area (Å²) in [6.45, 7) is 2.04. The van der Waals surface area contributed by atoms with Crippen molar-refractivity contribution in [3.8, 4) is 0 Å². The number of hydrogen-bond donors (Lipinski definition) is 0. The van der Waals surface area contributed by atoms with E-state index in [-0.39, 0.29) is 23.4 Å². The normalized spacial score (nSPS) is 24.9. The number of ketones is 2. The molecule has 18 heavy (non-hydrogen) atoms. The smallest absolute Gasteiger partial charge is 0.171 e. The average molecular weight is 238 g/mol. The van der Waals surface area contributed by atoms with Gasteiger partial charge in [-0.15, -0.1) is 0 Å². The van der Waals surface area contributed by atoms with E-state index in [9.17, 15) is 9.59 Å².